The van der Waals surface area contributed by atoms with E-state index in [1.165, 1.54) is 11.6 Å². The van der Waals surface area contributed by atoms with E-state index in [0.717, 1.165) is 11.3 Å². The van der Waals surface area contributed by atoms with Gasteiger partial charge in [0.05, 0.1) is 10.0 Å². The Balaban J connectivity index is 1.64. The van der Waals surface area contributed by atoms with Gasteiger partial charge in [0.2, 0.25) is 0 Å². The lowest BCUT2D eigenvalue weighted by Crippen LogP contribution is -2.10. The summed E-state index contributed by atoms with van der Waals surface area (Å²) in [5.41, 5.74) is 2.26. The number of halogens is 4. The normalized spacial score (nSPS) is 11.1. The minimum Gasteiger partial charge on any atom is -0.489 e. The minimum atomic E-state index is 0.0949. The summed E-state index contributed by atoms with van der Waals surface area (Å²) in [5.74, 6) is 2.34. The van der Waals surface area contributed by atoms with Crippen molar-refractivity contribution in [3.63, 3.8) is 0 Å². The van der Waals surface area contributed by atoms with Gasteiger partial charge in [0.15, 0.2) is 5.75 Å². The molecule has 0 bridgehead atoms. The van der Waals surface area contributed by atoms with Crippen LogP contribution in [0.1, 0.15) is 31.9 Å². The van der Waals surface area contributed by atoms with Gasteiger partial charge in [0.1, 0.15) is 35.0 Å². The summed E-state index contributed by atoms with van der Waals surface area (Å²) in [6.07, 6.45) is 1.52. The van der Waals surface area contributed by atoms with Crippen LogP contribution < -0.4 is 14.2 Å². The molecule has 0 fully saturated rings. The van der Waals surface area contributed by atoms with Crippen LogP contribution in [0, 0.1) is 0 Å². The maximum Gasteiger partial charge on any atom is 0.157 e. The molecule has 0 radical (unpaired) electrons. The lowest BCUT2D eigenvalue weighted by molar-refractivity contribution is 0.304. The van der Waals surface area contributed by atoms with E-state index < -0.39 is 0 Å². The third-order valence-electron chi connectivity index (χ3n) is 4.70. The van der Waals surface area contributed by atoms with Crippen LogP contribution in [0.5, 0.6) is 23.0 Å². The Hall–Kier alpha value is -2.04. The van der Waals surface area contributed by atoms with Gasteiger partial charge in [-0.15, -0.1) is 0 Å². The summed E-state index contributed by atoms with van der Waals surface area (Å²) in [5, 5.41) is 0.676. The fourth-order valence-electron chi connectivity index (χ4n) is 2.97. The second-order valence-corrected chi connectivity index (χ2v) is 10.2. The van der Waals surface area contributed by atoms with Crippen molar-refractivity contribution >= 4 is 46.4 Å². The number of hydrogen-bond donors (Lipinski definition) is 0. The quantitative estimate of drug-likeness (QED) is 0.293. The lowest BCUT2D eigenvalue weighted by Gasteiger charge is -2.19. The topological polar surface area (TPSA) is 27.7 Å². The highest BCUT2D eigenvalue weighted by Gasteiger charge is 2.14. The van der Waals surface area contributed by atoms with Crippen LogP contribution in [0.25, 0.3) is 0 Å². The van der Waals surface area contributed by atoms with E-state index in [4.69, 9.17) is 60.6 Å². The van der Waals surface area contributed by atoms with Gasteiger partial charge >= 0.3 is 0 Å². The van der Waals surface area contributed by atoms with Crippen molar-refractivity contribution in [2.75, 3.05) is 6.61 Å². The van der Waals surface area contributed by atoms with Gasteiger partial charge in [-0.25, -0.2) is 0 Å². The van der Waals surface area contributed by atoms with Crippen LogP contribution in [0.15, 0.2) is 71.2 Å². The van der Waals surface area contributed by atoms with Gasteiger partial charge in [0.25, 0.3) is 0 Å². The first-order chi connectivity index (χ1) is 15.6. The molecule has 0 aliphatic carbocycles. The number of benzene rings is 3. The molecule has 0 spiro atoms. The molecule has 3 rings (SSSR count). The van der Waals surface area contributed by atoms with Crippen molar-refractivity contribution in [2.24, 2.45) is 0 Å². The van der Waals surface area contributed by atoms with Gasteiger partial charge in [-0.05, 0) is 46.9 Å². The zero-order valence-corrected chi connectivity index (χ0v) is 21.5. The summed E-state index contributed by atoms with van der Waals surface area (Å²) >= 11 is 23.8. The van der Waals surface area contributed by atoms with Crippen molar-refractivity contribution in [2.45, 2.75) is 32.8 Å². The third kappa shape index (κ3) is 7.75. The largest absolute Gasteiger partial charge is 0.489 e. The molecule has 3 aromatic rings. The summed E-state index contributed by atoms with van der Waals surface area (Å²) in [6, 6.07) is 19.0. The van der Waals surface area contributed by atoms with Crippen molar-refractivity contribution in [3.8, 4) is 23.0 Å². The van der Waals surface area contributed by atoms with Crippen molar-refractivity contribution in [1.29, 1.82) is 0 Å². The highest BCUT2D eigenvalue weighted by atomic mass is 35.5. The molecule has 3 aromatic carbocycles. The van der Waals surface area contributed by atoms with E-state index in [1.54, 1.807) is 12.1 Å². The van der Waals surface area contributed by atoms with E-state index in [9.17, 15) is 0 Å². The zero-order valence-electron chi connectivity index (χ0n) is 18.5. The van der Waals surface area contributed by atoms with E-state index >= 15 is 0 Å². The van der Waals surface area contributed by atoms with E-state index in [2.05, 4.69) is 32.9 Å². The molecule has 33 heavy (non-hydrogen) atoms. The molecule has 0 N–H and O–H groups in total. The van der Waals surface area contributed by atoms with E-state index in [-0.39, 0.29) is 23.1 Å². The molecule has 0 atom stereocenters. The van der Waals surface area contributed by atoms with Crippen molar-refractivity contribution in [3.05, 3.63) is 92.4 Å². The zero-order chi connectivity index (χ0) is 24.0. The molecule has 0 saturated carbocycles. The van der Waals surface area contributed by atoms with Gasteiger partial charge in [-0.3, -0.25) is 0 Å². The van der Waals surface area contributed by atoms with Crippen LogP contribution in [-0.2, 0) is 12.0 Å². The van der Waals surface area contributed by atoms with E-state index in [1.807, 2.05) is 36.4 Å². The summed E-state index contributed by atoms with van der Waals surface area (Å²) in [6.45, 7) is 7.01. The average Bonchev–Trinajstić information content (AvgIpc) is 2.73. The summed E-state index contributed by atoms with van der Waals surface area (Å²) < 4.78 is 17.5. The average molecular weight is 526 g/mol. The molecule has 0 amide bonds. The van der Waals surface area contributed by atoms with Gasteiger partial charge in [-0.1, -0.05) is 91.4 Å². The first-order valence-electron chi connectivity index (χ1n) is 10.2. The molecule has 0 unspecified atom stereocenters. The van der Waals surface area contributed by atoms with Gasteiger partial charge < -0.3 is 14.2 Å². The molecule has 0 aromatic heterocycles. The Morgan fingerprint density at radius 2 is 1.48 bits per heavy atom. The fraction of sp³-hybridized carbons (Fsp3) is 0.231. The predicted molar refractivity (Wildman–Crippen MR) is 138 cm³/mol. The lowest BCUT2D eigenvalue weighted by atomic mass is 9.87. The molecule has 3 nitrogen and oxygen atoms in total. The number of rotatable bonds is 8. The molecular formula is C26H24Cl4O3. The standard InChI is InChI=1S/C26H24Cl4O3/c1-26(2,3)18-7-9-19(10-8-18)33-20-6-4-5-17(13-20)16-32-25-22(27)14-21(15-23(25)28)31-12-11-24(29)30/h4-11,13-15H,12,16H2,1-3H3. The molecule has 174 valence electrons. The van der Waals surface area contributed by atoms with E-state index in [0.29, 0.717) is 27.3 Å². The Kier molecular flexibility index (Phi) is 8.83. The SMILES string of the molecule is CC(C)(C)c1ccc(Oc2cccc(COc3c(Cl)cc(OCC=C(Cl)Cl)cc3Cl)c2)cc1. The maximum absolute atomic E-state index is 6.34. The van der Waals surface area contributed by atoms with Crippen LogP contribution in [-0.4, -0.2) is 6.61 Å². The van der Waals surface area contributed by atoms with Crippen molar-refractivity contribution < 1.29 is 14.2 Å². The smallest absolute Gasteiger partial charge is 0.157 e. The summed E-state index contributed by atoms with van der Waals surface area (Å²) in [7, 11) is 0. The molecule has 0 heterocycles. The van der Waals surface area contributed by atoms with Crippen molar-refractivity contribution in [1.82, 2.24) is 0 Å². The molecular weight excluding hydrogens is 502 g/mol. The molecule has 0 aliphatic rings. The Labute approximate surface area is 214 Å². The Morgan fingerprint density at radius 1 is 0.818 bits per heavy atom. The van der Waals surface area contributed by atoms with Crippen LogP contribution in [0.2, 0.25) is 10.0 Å². The molecule has 0 aliphatic heterocycles. The fourth-order valence-corrected chi connectivity index (χ4v) is 3.67. The highest BCUT2D eigenvalue weighted by molar-refractivity contribution is 6.55. The Bertz CT molecular complexity index is 1090. The minimum absolute atomic E-state index is 0.0949. The highest BCUT2D eigenvalue weighted by Crippen LogP contribution is 2.37. The predicted octanol–water partition coefficient (Wildman–Crippen LogP) is 9.36. The summed E-state index contributed by atoms with van der Waals surface area (Å²) in [4.78, 5) is 0. The van der Waals surface area contributed by atoms with Crippen LogP contribution >= 0.6 is 46.4 Å². The molecule has 7 heteroatoms. The first kappa shape index (κ1) is 25.6. The number of hydrogen-bond acceptors (Lipinski definition) is 3. The third-order valence-corrected chi connectivity index (χ3v) is 5.57. The van der Waals surface area contributed by atoms with Crippen LogP contribution in [0.4, 0.5) is 0 Å². The maximum atomic E-state index is 6.34. The molecule has 0 saturated heterocycles. The number of ether oxygens (including phenoxy) is 3. The van der Waals surface area contributed by atoms with Crippen LogP contribution in [0.3, 0.4) is 0 Å². The Morgan fingerprint density at radius 3 is 2.09 bits per heavy atom. The second kappa shape index (κ2) is 11.4. The van der Waals surface area contributed by atoms with Gasteiger partial charge in [-0.2, -0.15) is 0 Å². The van der Waals surface area contributed by atoms with Gasteiger partial charge in [0, 0.05) is 12.1 Å². The monoisotopic (exact) mass is 524 g/mol. The second-order valence-electron chi connectivity index (χ2n) is 8.33. The first-order valence-corrected chi connectivity index (χ1v) is 11.8.